The summed E-state index contributed by atoms with van der Waals surface area (Å²) in [7, 11) is 0. The monoisotopic (exact) mass is 360 g/mol. The minimum Gasteiger partial charge on any atom is -0.348 e. The molecule has 0 unspecified atom stereocenters. The molecule has 2 aromatic carbocycles. The van der Waals surface area contributed by atoms with E-state index >= 15 is 0 Å². The molecule has 0 fully saturated rings. The molecule has 0 aliphatic heterocycles. The zero-order valence-corrected chi connectivity index (χ0v) is 15.2. The number of fused-ring (bicyclic) bond motifs is 1. The second kappa shape index (κ2) is 7.03. The van der Waals surface area contributed by atoms with Crippen molar-refractivity contribution in [2.75, 3.05) is 0 Å². The molecule has 0 bridgehead atoms. The molecule has 136 valence electrons. The van der Waals surface area contributed by atoms with Crippen LogP contribution in [0.2, 0.25) is 0 Å². The molecule has 2 N–H and O–H groups in total. The first-order valence-corrected chi connectivity index (χ1v) is 8.77. The number of rotatable bonds is 5. The van der Waals surface area contributed by atoms with E-state index in [-0.39, 0.29) is 5.91 Å². The summed E-state index contributed by atoms with van der Waals surface area (Å²) >= 11 is 0. The molecule has 0 spiro atoms. The van der Waals surface area contributed by atoms with Gasteiger partial charge >= 0.3 is 0 Å². The third-order valence-corrected chi connectivity index (χ3v) is 4.71. The Labute approximate surface area is 156 Å². The normalized spacial score (nSPS) is 11.0. The molecule has 7 nitrogen and oxygen atoms in total. The van der Waals surface area contributed by atoms with Crippen molar-refractivity contribution in [2.45, 2.75) is 26.9 Å². The molecular weight excluding hydrogens is 340 g/mol. The van der Waals surface area contributed by atoms with E-state index in [0.717, 1.165) is 22.5 Å². The molecule has 0 aliphatic rings. The van der Waals surface area contributed by atoms with Gasteiger partial charge in [-0.2, -0.15) is 20.5 Å². The highest BCUT2D eigenvalue weighted by Gasteiger charge is 2.14. The Morgan fingerprint density at radius 2 is 1.85 bits per heavy atom. The zero-order chi connectivity index (χ0) is 18.8. The summed E-state index contributed by atoms with van der Waals surface area (Å²) in [6, 6.07) is 15.5. The minimum absolute atomic E-state index is 0.144. The number of hydrogen-bond donors (Lipinski definition) is 2. The lowest BCUT2D eigenvalue weighted by Crippen LogP contribution is -2.23. The summed E-state index contributed by atoms with van der Waals surface area (Å²) in [5.41, 5.74) is 6.19. The fourth-order valence-corrected chi connectivity index (χ4v) is 3.15. The maximum absolute atomic E-state index is 12.5. The van der Waals surface area contributed by atoms with E-state index < -0.39 is 0 Å². The molecular formula is C20H20N6O. The smallest absolute Gasteiger partial charge is 0.251 e. The molecule has 7 heteroatoms. The Morgan fingerprint density at radius 1 is 1.07 bits per heavy atom. The molecule has 0 saturated heterocycles. The van der Waals surface area contributed by atoms with E-state index in [4.69, 9.17) is 0 Å². The van der Waals surface area contributed by atoms with Gasteiger partial charge < -0.3 is 5.32 Å². The lowest BCUT2D eigenvalue weighted by molar-refractivity contribution is 0.0951. The number of benzene rings is 2. The Hall–Kier alpha value is -3.48. The van der Waals surface area contributed by atoms with Crippen LogP contribution in [0.4, 0.5) is 0 Å². The van der Waals surface area contributed by atoms with E-state index in [9.17, 15) is 4.79 Å². The van der Waals surface area contributed by atoms with Crippen LogP contribution in [-0.2, 0) is 13.1 Å². The third-order valence-electron chi connectivity index (χ3n) is 4.71. The van der Waals surface area contributed by atoms with Crippen LogP contribution in [0.3, 0.4) is 0 Å². The summed E-state index contributed by atoms with van der Waals surface area (Å²) < 4.78 is 1.98. The highest BCUT2D eigenvalue weighted by atomic mass is 16.1. The number of H-pyrrole nitrogens is 1. The number of amides is 1. The van der Waals surface area contributed by atoms with Crippen LogP contribution in [-0.4, -0.2) is 31.1 Å². The highest BCUT2D eigenvalue weighted by Crippen LogP contribution is 2.16. The molecule has 0 saturated carbocycles. The van der Waals surface area contributed by atoms with Crippen LogP contribution in [0.5, 0.6) is 0 Å². The van der Waals surface area contributed by atoms with E-state index in [1.165, 1.54) is 5.56 Å². The number of carbonyl (C=O) groups excluding carboxylic acids is 1. The van der Waals surface area contributed by atoms with Gasteiger partial charge in [0.2, 0.25) is 0 Å². The zero-order valence-electron chi connectivity index (χ0n) is 15.2. The lowest BCUT2D eigenvalue weighted by atomic mass is 10.1. The van der Waals surface area contributed by atoms with Crippen molar-refractivity contribution < 1.29 is 4.79 Å². The van der Waals surface area contributed by atoms with E-state index in [2.05, 4.69) is 38.0 Å². The van der Waals surface area contributed by atoms with E-state index in [0.29, 0.717) is 24.2 Å². The molecule has 0 radical (unpaired) electrons. The summed E-state index contributed by atoms with van der Waals surface area (Å²) in [4.78, 5) is 12.5. The molecule has 2 aromatic heterocycles. The lowest BCUT2D eigenvalue weighted by Gasteiger charge is -2.07. The summed E-state index contributed by atoms with van der Waals surface area (Å²) in [6.07, 6.45) is 0. The second-order valence-electron chi connectivity index (χ2n) is 6.50. The SMILES string of the molecule is Cc1nn(Cc2ccccc2)c(C)c1CNC(=O)c1ccc2n[nH]nc2c1. The predicted molar refractivity (Wildman–Crippen MR) is 102 cm³/mol. The van der Waals surface area contributed by atoms with Gasteiger partial charge in [-0.1, -0.05) is 30.3 Å². The van der Waals surface area contributed by atoms with Crippen molar-refractivity contribution in [1.29, 1.82) is 0 Å². The van der Waals surface area contributed by atoms with Crippen LogP contribution >= 0.6 is 0 Å². The highest BCUT2D eigenvalue weighted by molar-refractivity contribution is 5.97. The molecule has 1 amide bonds. The molecule has 0 aliphatic carbocycles. The molecule has 2 heterocycles. The van der Waals surface area contributed by atoms with Crippen molar-refractivity contribution in [3.63, 3.8) is 0 Å². The van der Waals surface area contributed by atoms with Crippen molar-refractivity contribution in [3.05, 3.63) is 76.6 Å². The van der Waals surface area contributed by atoms with Crippen LogP contribution < -0.4 is 5.32 Å². The summed E-state index contributed by atoms with van der Waals surface area (Å²) in [6.45, 7) is 5.15. The fraction of sp³-hybridized carbons (Fsp3) is 0.200. The fourth-order valence-electron chi connectivity index (χ4n) is 3.15. The predicted octanol–water partition coefficient (Wildman–Crippen LogP) is 2.75. The van der Waals surface area contributed by atoms with Gasteiger partial charge in [0, 0.05) is 23.4 Å². The van der Waals surface area contributed by atoms with Gasteiger partial charge in [0.1, 0.15) is 11.0 Å². The van der Waals surface area contributed by atoms with Crippen LogP contribution in [0, 0.1) is 13.8 Å². The quantitative estimate of drug-likeness (QED) is 0.573. The average Bonchev–Trinajstić information content (AvgIpc) is 3.25. The van der Waals surface area contributed by atoms with Crippen LogP contribution in [0.25, 0.3) is 11.0 Å². The largest absolute Gasteiger partial charge is 0.348 e. The van der Waals surface area contributed by atoms with E-state index in [1.807, 2.05) is 36.7 Å². The Balaban J connectivity index is 1.48. The number of carbonyl (C=O) groups is 1. The first-order valence-electron chi connectivity index (χ1n) is 8.77. The van der Waals surface area contributed by atoms with Gasteiger partial charge in [-0.05, 0) is 37.6 Å². The van der Waals surface area contributed by atoms with E-state index in [1.54, 1.807) is 18.2 Å². The van der Waals surface area contributed by atoms with Gasteiger partial charge in [0.15, 0.2) is 0 Å². The van der Waals surface area contributed by atoms with Crippen LogP contribution in [0.1, 0.15) is 32.9 Å². The van der Waals surface area contributed by atoms with Crippen molar-refractivity contribution >= 4 is 16.9 Å². The molecule has 4 rings (SSSR count). The maximum atomic E-state index is 12.5. The van der Waals surface area contributed by atoms with Gasteiger partial charge in [0.25, 0.3) is 5.91 Å². The summed E-state index contributed by atoms with van der Waals surface area (Å²) in [5.74, 6) is -0.144. The Kier molecular flexibility index (Phi) is 4.42. The Bertz CT molecular complexity index is 1100. The number of nitrogens with one attached hydrogen (secondary N) is 2. The van der Waals surface area contributed by atoms with Crippen LogP contribution in [0.15, 0.2) is 48.5 Å². The minimum atomic E-state index is -0.144. The molecule has 27 heavy (non-hydrogen) atoms. The molecule has 4 aromatic rings. The maximum Gasteiger partial charge on any atom is 0.251 e. The van der Waals surface area contributed by atoms with Crippen molar-refractivity contribution in [3.8, 4) is 0 Å². The number of aryl methyl sites for hydroxylation is 1. The number of aromatic nitrogens is 5. The topological polar surface area (TPSA) is 88.5 Å². The third kappa shape index (κ3) is 3.44. The number of aromatic amines is 1. The van der Waals surface area contributed by atoms with Gasteiger partial charge in [-0.3, -0.25) is 9.48 Å². The first kappa shape index (κ1) is 17.0. The number of hydrogen-bond acceptors (Lipinski definition) is 4. The van der Waals surface area contributed by atoms with Crippen molar-refractivity contribution in [2.24, 2.45) is 0 Å². The van der Waals surface area contributed by atoms with Gasteiger partial charge in [-0.15, -0.1) is 0 Å². The van der Waals surface area contributed by atoms with Crippen molar-refractivity contribution in [1.82, 2.24) is 30.5 Å². The average molecular weight is 360 g/mol. The molecule has 0 atom stereocenters. The van der Waals surface area contributed by atoms with Gasteiger partial charge in [-0.25, -0.2) is 0 Å². The summed E-state index contributed by atoms with van der Waals surface area (Å²) in [5, 5.41) is 18.2. The standard InChI is InChI=1S/C20H20N6O/c1-13-17(14(2)26(24-13)12-15-6-4-3-5-7-15)11-21-20(27)16-8-9-18-19(10-16)23-25-22-18/h3-10H,11-12H2,1-2H3,(H,21,27)(H,22,23,25). The number of nitrogens with zero attached hydrogens (tertiary/aromatic N) is 4. The Morgan fingerprint density at radius 3 is 2.67 bits per heavy atom. The van der Waals surface area contributed by atoms with Gasteiger partial charge in [0.05, 0.1) is 12.2 Å². The first-order chi connectivity index (χ1) is 13.1. The second-order valence-corrected chi connectivity index (χ2v) is 6.50.